The summed E-state index contributed by atoms with van der Waals surface area (Å²) in [5.74, 6) is -0.729. The third kappa shape index (κ3) is 2.53. The predicted molar refractivity (Wildman–Crippen MR) is 122 cm³/mol. The molecule has 2 aliphatic heterocycles. The van der Waals surface area contributed by atoms with Crippen molar-refractivity contribution < 1.29 is 14.6 Å². The molecule has 1 unspecified atom stereocenters. The van der Waals surface area contributed by atoms with Crippen LogP contribution in [-0.2, 0) is 34.7 Å². The molecule has 0 saturated heterocycles. The number of pyridine rings is 2. The van der Waals surface area contributed by atoms with E-state index in [2.05, 4.69) is 0 Å². The Hall–Kier alpha value is -2.45. The Morgan fingerprint density at radius 2 is 2.09 bits per heavy atom. The highest BCUT2D eigenvalue weighted by atomic mass is 35.5. The fourth-order valence-corrected chi connectivity index (χ4v) is 5.60. The third-order valence-electron chi connectivity index (χ3n) is 7.02. The van der Waals surface area contributed by atoms with Crippen molar-refractivity contribution in [1.29, 1.82) is 0 Å². The lowest BCUT2D eigenvalue weighted by Crippen LogP contribution is -2.44. The van der Waals surface area contributed by atoms with Crippen LogP contribution < -0.4 is 11.3 Å². The Kier molecular flexibility index (Phi) is 4.70. The molecule has 0 saturated carbocycles. The number of aliphatic hydroxyl groups is 1. The van der Waals surface area contributed by atoms with Crippen LogP contribution in [0, 0.1) is 0 Å². The highest BCUT2D eigenvalue weighted by molar-refractivity contribution is 6.32. The topological polar surface area (TPSA) is 107 Å². The summed E-state index contributed by atoms with van der Waals surface area (Å²) in [6.45, 7) is 1.88. The minimum atomic E-state index is -1.84. The summed E-state index contributed by atoms with van der Waals surface area (Å²) in [6.07, 6.45) is 1.66. The first-order valence-electron chi connectivity index (χ1n) is 10.4. The molecule has 7 nitrogen and oxygen atoms in total. The van der Waals surface area contributed by atoms with Gasteiger partial charge < -0.3 is 20.1 Å². The number of rotatable bonds is 1. The van der Waals surface area contributed by atoms with Gasteiger partial charge >= 0.3 is 5.97 Å². The number of nitrogens with two attached hydrogens (primary N) is 1. The molecule has 1 aromatic carbocycles. The summed E-state index contributed by atoms with van der Waals surface area (Å²) in [7, 11) is 0. The summed E-state index contributed by atoms with van der Waals surface area (Å²) in [6, 6.07) is 5.27. The normalized spacial score (nSPS) is 22.6. The monoisotopic (exact) mass is 473 g/mol. The molecule has 0 radical (unpaired) electrons. The molecule has 2 atom stereocenters. The minimum Gasteiger partial charge on any atom is -0.458 e. The van der Waals surface area contributed by atoms with Crippen molar-refractivity contribution in [2.24, 2.45) is 5.73 Å². The molecule has 0 spiro atoms. The van der Waals surface area contributed by atoms with E-state index in [1.165, 1.54) is 0 Å². The first-order valence-corrected chi connectivity index (χ1v) is 10.8. The molecule has 1 aliphatic carbocycles. The Morgan fingerprint density at radius 3 is 2.84 bits per heavy atom. The van der Waals surface area contributed by atoms with Crippen LogP contribution in [0.4, 0.5) is 0 Å². The second kappa shape index (κ2) is 7.02. The Labute approximate surface area is 194 Å². The van der Waals surface area contributed by atoms with Crippen molar-refractivity contribution >= 4 is 40.9 Å². The van der Waals surface area contributed by atoms with Crippen molar-refractivity contribution in [3.8, 4) is 11.4 Å². The van der Waals surface area contributed by atoms with Gasteiger partial charge in [-0.25, -0.2) is 9.78 Å². The molecule has 9 heteroatoms. The van der Waals surface area contributed by atoms with Crippen LogP contribution in [0.25, 0.3) is 22.3 Å². The molecule has 32 heavy (non-hydrogen) atoms. The van der Waals surface area contributed by atoms with E-state index >= 15 is 0 Å². The first-order chi connectivity index (χ1) is 14.8. The van der Waals surface area contributed by atoms with Gasteiger partial charge in [0, 0.05) is 27.6 Å². The number of hydrogen-bond acceptors (Lipinski definition) is 6. The first kappa shape index (κ1) is 21.4. The Balaban J connectivity index is 0.00000216. The van der Waals surface area contributed by atoms with Crippen LogP contribution in [0.1, 0.15) is 53.6 Å². The molecule has 4 heterocycles. The number of aryl methyl sites for hydroxylation is 1. The fourth-order valence-electron chi connectivity index (χ4n) is 5.35. The van der Waals surface area contributed by atoms with Gasteiger partial charge in [0.2, 0.25) is 0 Å². The lowest BCUT2D eigenvalue weighted by Gasteiger charge is -2.31. The number of esters is 1. The van der Waals surface area contributed by atoms with Gasteiger partial charge in [-0.15, -0.1) is 12.4 Å². The largest absolute Gasteiger partial charge is 0.458 e. The lowest BCUT2D eigenvalue weighted by molar-refractivity contribution is -0.172. The quantitative estimate of drug-likeness (QED) is 0.411. The van der Waals surface area contributed by atoms with E-state index in [9.17, 15) is 14.7 Å². The van der Waals surface area contributed by atoms with E-state index < -0.39 is 11.6 Å². The average Bonchev–Trinajstić information content (AvgIpc) is 3.13. The van der Waals surface area contributed by atoms with Crippen LogP contribution in [0.15, 0.2) is 23.0 Å². The second-order valence-corrected chi connectivity index (χ2v) is 8.93. The summed E-state index contributed by atoms with van der Waals surface area (Å²) in [5, 5.41) is 12.7. The zero-order valence-electron chi connectivity index (χ0n) is 17.3. The molecule has 3 aromatic rings. The Bertz CT molecular complexity index is 1400. The van der Waals surface area contributed by atoms with Crippen LogP contribution in [0.5, 0.6) is 0 Å². The van der Waals surface area contributed by atoms with Gasteiger partial charge in [0.15, 0.2) is 5.60 Å². The van der Waals surface area contributed by atoms with Crippen LogP contribution in [0.3, 0.4) is 0 Å². The number of hydrogen-bond donors (Lipinski definition) is 2. The summed E-state index contributed by atoms with van der Waals surface area (Å²) < 4.78 is 6.78. The number of carbonyl (C=O) groups is 1. The number of carbonyl (C=O) groups excluding carboxylic acids is 1. The molecule has 2 aromatic heterocycles. The van der Waals surface area contributed by atoms with Crippen LogP contribution in [-0.4, -0.2) is 20.6 Å². The van der Waals surface area contributed by atoms with Gasteiger partial charge in [0.1, 0.15) is 6.61 Å². The molecule has 3 N–H and O–H groups in total. The van der Waals surface area contributed by atoms with Crippen LogP contribution >= 0.6 is 24.0 Å². The van der Waals surface area contributed by atoms with Gasteiger partial charge in [-0.1, -0.05) is 18.5 Å². The summed E-state index contributed by atoms with van der Waals surface area (Å²) in [4.78, 5) is 30.6. The second-order valence-electron chi connectivity index (χ2n) is 8.52. The third-order valence-corrected chi connectivity index (χ3v) is 7.38. The van der Waals surface area contributed by atoms with Crippen molar-refractivity contribution in [3.63, 3.8) is 0 Å². The standard InChI is InChI=1S/C23H20ClN3O4.ClH/c1-2-23(30)13-7-17-20-11(8-27(17)21(28)12(13)9-31-22(23)29)18-15(25)5-3-10-14(24)4-6-16(26-20)19(10)18;/h4,6-7,15,30H,2-3,5,8-9,25H2,1H3;1H/t15?,23-;/m0./s1. The molecule has 6 rings (SSSR count). The van der Waals surface area contributed by atoms with Gasteiger partial charge in [0.25, 0.3) is 5.56 Å². The van der Waals surface area contributed by atoms with E-state index in [-0.39, 0.29) is 37.0 Å². The molecule has 0 fully saturated rings. The van der Waals surface area contributed by atoms with Crippen molar-refractivity contribution in [2.75, 3.05) is 0 Å². The maximum absolute atomic E-state index is 13.4. The number of fused-ring (bicyclic) bond motifs is 5. The molecule has 0 bridgehead atoms. The van der Waals surface area contributed by atoms with Crippen molar-refractivity contribution in [2.45, 2.75) is 51.0 Å². The zero-order valence-corrected chi connectivity index (χ0v) is 18.8. The molecular weight excluding hydrogens is 453 g/mol. The lowest BCUT2D eigenvalue weighted by atomic mass is 9.83. The zero-order chi connectivity index (χ0) is 21.7. The smallest absolute Gasteiger partial charge is 0.343 e. The van der Waals surface area contributed by atoms with E-state index in [4.69, 9.17) is 27.1 Å². The number of halogens is 2. The highest BCUT2D eigenvalue weighted by Crippen LogP contribution is 2.45. The SMILES string of the molecule is CC[C@@]1(O)C(=O)OCc2c1cc1n(c2=O)Cc2c-1nc1ccc(Cl)c3c1c2C(N)CC3.Cl. The number of aromatic nitrogens is 2. The molecule has 3 aliphatic rings. The van der Waals surface area contributed by atoms with Gasteiger partial charge in [0.05, 0.1) is 29.0 Å². The van der Waals surface area contributed by atoms with E-state index in [0.717, 1.165) is 40.4 Å². The minimum absolute atomic E-state index is 0. The molecule has 0 amide bonds. The predicted octanol–water partition coefficient (Wildman–Crippen LogP) is 3.10. The van der Waals surface area contributed by atoms with Gasteiger partial charge in [-0.2, -0.15) is 0 Å². The molecular formula is C23H21Cl2N3O4. The van der Waals surface area contributed by atoms with E-state index in [1.54, 1.807) is 17.6 Å². The number of cyclic esters (lactones) is 1. The fraction of sp³-hybridized carbons (Fsp3) is 0.348. The van der Waals surface area contributed by atoms with Gasteiger partial charge in [-0.05, 0) is 48.6 Å². The Morgan fingerprint density at radius 1 is 1.31 bits per heavy atom. The van der Waals surface area contributed by atoms with Crippen molar-refractivity contribution in [1.82, 2.24) is 9.55 Å². The van der Waals surface area contributed by atoms with Crippen LogP contribution in [0.2, 0.25) is 5.02 Å². The van der Waals surface area contributed by atoms with E-state index in [1.807, 2.05) is 12.1 Å². The average molecular weight is 474 g/mol. The summed E-state index contributed by atoms with van der Waals surface area (Å²) in [5.41, 5.74) is 10.0. The van der Waals surface area contributed by atoms with Crippen molar-refractivity contribution in [3.05, 3.63) is 61.4 Å². The number of ether oxygens (including phenoxy) is 1. The number of benzene rings is 1. The maximum Gasteiger partial charge on any atom is 0.343 e. The van der Waals surface area contributed by atoms with Gasteiger partial charge in [-0.3, -0.25) is 4.79 Å². The molecule has 166 valence electrons. The van der Waals surface area contributed by atoms with E-state index in [0.29, 0.717) is 34.1 Å². The summed E-state index contributed by atoms with van der Waals surface area (Å²) >= 11 is 6.47. The number of nitrogens with zero attached hydrogens (tertiary/aromatic N) is 2. The maximum atomic E-state index is 13.4. The highest BCUT2D eigenvalue weighted by Gasteiger charge is 2.45.